The topological polar surface area (TPSA) is 63.3 Å². The number of nitrogens with zero attached hydrogens (tertiary/aromatic N) is 4. The average molecular weight is 252 g/mol. The maximum Gasteiger partial charge on any atom is 0.172 e. The second-order valence-electron chi connectivity index (χ2n) is 4.87. The van der Waals surface area contributed by atoms with Crippen LogP contribution in [0.3, 0.4) is 0 Å². The number of hydrogen-bond donors (Lipinski definition) is 1. The Hall–Kier alpha value is -2.27. The van der Waals surface area contributed by atoms with Gasteiger partial charge in [0.15, 0.2) is 5.65 Å². The first kappa shape index (κ1) is 10.6. The molecule has 2 aromatic heterocycles. The molecule has 0 aliphatic heterocycles. The van der Waals surface area contributed by atoms with Crippen molar-refractivity contribution in [1.29, 1.82) is 0 Å². The standard InChI is InChI=1S/C14H12N4O/c19-12-4-9-1-2-10(3-11(9)5-12)13-6-16-14-7-15-8-17-18(13)14/h1-3,6-8,12,19H,4-5H2. The third-order valence-corrected chi connectivity index (χ3v) is 3.60. The third-order valence-electron chi connectivity index (χ3n) is 3.60. The minimum Gasteiger partial charge on any atom is -0.392 e. The molecule has 19 heavy (non-hydrogen) atoms. The summed E-state index contributed by atoms with van der Waals surface area (Å²) in [6.07, 6.45) is 6.25. The molecule has 5 heteroatoms. The summed E-state index contributed by atoms with van der Waals surface area (Å²) >= 11 is 0. The fraction of sp³-hybridized carbons (Fsp3) is 0.214. The quantitative estimate of drug-likeness (QED) is 0.708. The van der Waals surface area contributed by atoms with Gasteiger partial charge in [0.05, 0.1) is 24.2 Å². The van der Waals surface area contributed by atoms with E-state index in [1.165, 1.54) is 17.5 Å². The molecule has 5 nitrogen and oxygen atoms in total. The average Bonchev–Trinajstić information content (AvgIpc) is 2.99. The van der Waals surface area contributed by atoms with Crippen LogP contribution in [0.2, 0.25) is 0 Å². The number of rotatable bonds is 1. The fourth-order valence-corrected chi connectivity index (χ4v) is 2.70. The lowest BCUT2D eigenvalue weighted by Crippen LogP contribution is -2.03. The van der Waals surface area contributed by atoms with Crippen molar-refractivity contribution < 1.29 is 5.11 Å². The highest BCUT2D eigenvalue weighted by Crippen LogP contribution is 2.28. The van der Waals surface area contributed by atoms with Gasteiger partial charge in [-0.3, -0.25) is 0 Å². The van der Waals surface area contributed by atoms with Crippen LogP contribution in [0.1, 0.15) is 11.1 Å². The molecule has 2 heterocycles. The summed E-state index contributed by atoms with van der Waals surface area (Å²) in [6.45, 7) is 0. The minimum atomic E-state index is -0.241. The second-order valence-corrected chi connectivity index (χ2v) is 4.87. The van der Waals surface area contributed by atoms with Crippen molar-refractivity contribution in [2.24, 2.45) is 0 Å². The highest BCUT2D eigenvalue weighted by Gasteiger charge is 2.20. The maximum atomic E-state index is 9.71. The lowest BCUT2D eigenvalue weighted by Gasteiger charge is -2.03. The first-order valence-corrected chi connectivity index (χ1v) is 6.25. The molecule has 94 valence electrons. The van der Waals surface area contributed by atoms with Gasteiger partial charge >= 0.3 is 0 Å². The Morgan fingerprint density at radius 3 is 3.00 bits per heavy atom. The number of aromatic nitrogens is 4. The van der Waals surface area contributed by atoms with E-state index >= 15 is 0 Å². The van der Waals surface area contributed by atoms with Crippen LogP contribution in [0, 0.1) is 0 Å². The molecule has 1 aromatic carbocycles. The van der Waals surface area contributed by atoms with Crippen LogP contribution in [0.25, 0.3) is 16.9 Å². The van der Waals surface area contributed by atoms with Crippen LogP contribution in [-0.2, 0) is 12.8 Å². The number of hydrogen-bond acceptors (Lipinski definition) is 4. The first-order valence-electron chi connectivity index (χ1n) is 6.25. The summed E-state index contributed by atoms with van der Waals surface area (Å²) in [5.41, 5.74) is 5.20. The molecule has 0 saturated carbocycles. The first-order chi connectivity index (χ1) is 9.31. The Kier molecular flexibility index (Phi) is 2.16. The van der Waals surface area contributed by atoms with Crippen molar-refractivity contribution in [3.63, 3.8) is 0 Å². The van der Waals surface area contributed by atoms with Crippen molar-refractivity contribution in [3.8, 4) is 11.3 Å². The molecule has 3 aromatic rings. The summed E-state index contributed by atoms with van der Waals surface area (Å²) in [5, 5.41) is 13.9. The summed E-state index contributed by atoms with van der Waals surface area (Å²) in [6, 6.07) is 6.26. The van der Waals surface area contributed by atoms with Crippen molar-refractivity contribution in [3.05, 3.63) is 48.0 Å². The van der Waals surface area contributed by atoms with Gasteiger partial charge in [0, 0.05) is 5.56 Å². The summed E-state index contributed by atoms with van der Waals surface area (Å²) < 4.78 is 1.78. The predicted octanol–water partition coefficient (Wildman–Crippen LogP) is 1.25. The molecule has 0 bridgehead atoms. The number of imidazole rings is 1. The van der Waals surface area contributed by atoms with Gasteiger partial charge in [-0.15, -0.1) is 0 Å². The van der Waals surface area contributed by atoms with E-state index in [1.54, 1.807) is 16.9 Å². The van der Waals surface area contributed by atoms with E-state index in [9.17, 15) is 5.11 Å². The lowest BCUT2D eigenvalue weighted by molar-refractivity contribution is 0.187. The molecule has 0 fully saturated rings. The Balaban J connectivity index is 1.87. The molecule has 0 spiro atoms. The van der Waals surface area contributed by atoms with E-state index in [0.717, 1.165) is 29.7 Å². The molecule has 4 rings (SSSR count). The zero-order valence-electron chi connectivity index (χ0n) is 10.2. The van der Waals surface area contributed by atoms with Crippen LogP contribution in [0.4, 0.5) is 0 Å². The molecule has 0 amide bonds. The molecule has 1 aliphatic rings. The van der Waals surface area contributed by atoms with E-state index in [4.69, 9.17) is 0 Å². The smallest absolute Gasteiger partial charge is 0.172 e. The number of aliphatic hydroxyl groups excluding tert-OH is 1. The largest absolute Gasteiger partial charge is 0.392 e. The van der Waals surface area contributed by atoms with Crippen molar-refractivity contribution in [2.45, 2.75) is 18.9 Å². The fourth-order valence-electron chi connectivity index (χ4n) is 2.70. The molecular weight excluding hydrogens is 240 g/mol. The summed E-state index contributed by atoms with van der Waals surface area (Å²) in [4.78, 5) is 8.25. The van der Waals surface area contributed by atoms with E-state index in [1.807, 2.05) is 0 Å². The Labute approximate surface area is 109 Å². The van der Waals surface area contributed by atoms with Gasteiger partial charge in [-0.25, -0.2) is 14.5 Å². The normalized spacial score (nSPS) is 17.8. The maximum absolute atomic E-state index is 9.71. The van der Waals surface area contributed by atoms with Gasteiger partial charge in [0.25, 0.3) is 0 Å². The van der Waals surface area contributed by atoms with Crippen LogP contribution in [0.15, 0.2) is 36.9 Å². The Morgan fingerprint density at radius 2 is 2.05 bits per heavy atom. The SMILES string of the molecule is OC1Cc2ccc(-c3cnc4cncnn34)cc2C1. The molecule has 1 aliphatic carbocycles. The highest BCUT2D eigenvalue weighted by atomic mass is 16.3. The van der Waals surface area contributed by atoms with Gasteiger partial charge in [0.1, 0.15) is 6.33 Å². The van der Waals surface area contributed by atoms with Gasteiger partial charge < -0.3 is 5.11 Å². The number of aliphatic hydroxyl groups is 1. The zero-order chi connectivity index (χ0) is 12.8. The molecule has 1 unspecified atom stereocenters. The highest BCUT2D eigenvalue weighted by molar-refractivity contribution is 5.64. The molecule has 0 radical (unpaired) electrons. The van der Waals surface area contributed by atoms with Crippen LogP contribution >= 0.6 is 0 Å². The second kappa shape index (κ2) is 3.86. The molecule has 1 atom stereocenters. The summed E-state index contributed by atoms with van der Waals surface area (Å²) in [7, 11) is 0. The van der Waals surface area contributed by atoms with Crippen LogP contribution in [-0.4, -0.2) is 30.8 Å². The Bertz CT molecular complexity index is 765. The van der Waals surface area contributed by atoms with Crippen LogP contribution < -0.4 is 0 Å². The lowest BCUT2D eigenvalue weighted by atomic mass is 10.0. The van der Waals surface area contributed by atoms with Gasteiger partial charge in [-0.05, 0) is 30.0 Å². The third kappa shape index (κ3) is 1.62. The van der Waals surface area contributed by atoms with E-state index in [0.29, 0.717) is 0 Å². The minimum absolute atomic E-state index is 0.241. The molecule has 0 saturated heterocycles. The van der Waals surface area contributed by atoms with E-state index < -0.39 is 0 Å². The van der Waals surface area contributed by atoms with Crippen molar-refractivity contribution >= 4 is 5.65 Å². The zero-order valence-corrected chi connectivity index (χ0v) is 10.2. The van der Waals surface area contributed by atoms with E-state index in [2.05, 4.69) is 33.3 Å². The monoisotopic (exact) mass is 252 g/mol. The van der Waals surface area contributed by atoms with Gasteiger partial charge in [0.2, 0.25) is 0 Å². The van der Waals surface area contributed by atoms with Crippen molar-refractivity contribution in [2.75, 3.05) is 0 Å². The molecular formula is C14H12N4O. The number of benzene rings is 1. The molecule has 1 N–H and O–H groups in total. The van der Waals surface area contributed by atoms with E-state index in [-0.39, 0.29) is 6.10 Å². The van der Waals surface area contributed by atoms with Gasteiger partial charge in [-0.1, -0.05) is 12.1 Å². The van der Waals surface area contributed by atoms with Crippen LogP contribution in [0.5, 0.6) is 0 Å². The predicted molar refractivity (Wildman–Crippen MR) is 69.6 cm³/mol. The Morgan fingerprint density at radius 1 is 1.16 bits per heavy atom. The van der Waals surface area contributed by atoms with Gasteiger partial charge in [-0.2, -0.15) is 5.10 Å². The number of fused-ring (bicyclic) bond motifs is 2. The van der Waals surface area contributed by atoms with Crippen molar-refractivity contribution in [1.82, 2.24) is 19.6 Å². The summed E-state index contributed by atoms with van der Waals surface area (Å²) in [5.74, 6) is 0.